The van der Waals surface area contributed by atoms with Crippen molar-refractivity contribution in [3.05, 3.63) is 11.1 Å². The fourth-order valence-corrected chi connectivity index (χ4v) is 4.47. The summed E-state index contributed by atoms with van der Waals surface area (Å²) in [6, 6.07) is 0.899. The lowest BCUT2D eigenvalue weighted by Gasteiger charge is -2.30. The van der Waals surface area contributed by atoms with Crippen LogP contribution < -0.4 is 5.32 Å². The van der Waals surface area contributed by atoms with E-state index in [9.17, 15) is 9.90 Å². The van der Waals surface area contributed by atoms with Gasteiger partial charge in [0, 0.05) is 37.5 Å². The molecule has 2 unspecified atom stereocenters. The molecule has 128 valence electrons. The zero-order valence-electron chi connectivity index (χ0n) is 13.7. The van der Waals surface area contributed by atoms with Gasteiger partial charge in [-0.3, -0.25) is 14.6 Å². The Kier molecular flexibility index (Phi) is 5.63. The largest absolute Gasteiger partial charge is 0.395 e. The molecular weight excluding hydrogens is 312 g/mol. The van der Waals surface area contributed by atoms with E-state index in [2.05, 4.69) is 20.1 Å². The molecule has 1 aromatic rings. The topological polar surface area (TPSA) is 68.7 Å². The molecule has 0 radical (unpaired) electrons. The van der Waals surface area contributed by atoms with E-state index in [1.54, 1.807) is 0 Å². The maximum absolute atomic E-state index is 11.1. The van der Waals surface area contributed by atoms with E-state index in [4.69, 9.17) is 0 Å². The second kappa shape index (κ2) is 7.70. The quantitative estimate of drug-likeness (QED) is 0.823. The van der Waals surface area contributed by atoms with E-state index in [1.165, 1.54) is 37.5 Å². The average Bonchev–Trinajstić information content (AvgIpc) is 3.22. The van der Waals surface area contributed by atoms with Gasteiger partial charge in [0.15, 0.2) is 5.13 Å². The number of hydrogen-bond acceptors (Lipinski definition) is 6. The first kappa shape index (κ1) is 16.8. The summed E-state index contributed by atoms with van der Waals surface area (Å²) >= 11 is 1.49. The lowest BCUT2D eigenvalue weighted by Crippen LogP contribution is -2.43. The van der Waals surface area contributed by atoms with Crippen LogP contribution in [0, 0.1) is 0 Å². The maximum atomic E-state index is 11.1. The number of carbonyl (C=O) groups is 1. The highest BCUT2D eigenvalue weighted by molar-refractivity contribution is 7.13. The van der Waals surface area contributed by atoms with Crippen LogP contribution in [-0.2, 0) is 11.3 Å². The first-order chi connectivity index (χ1) is 11.2. The lowest BCUT2D eigenvalue weighted by molar-refractivity contribution is -0.114. The zero-order chi connectivity index (χ0) is 16.2. The first-order valence-electron chi connectivity index (χ1n) is 8.46. The summed E-state index contributed by atoms with van der Waals surface area (Å²) in [6.45, 7) is 5.89. The van der Waals surface area contributed by atoms with E-state index >= 15 is 0 Å². The molecule has 0 spiro atoms. The van der Waals surface area contributed by atoms with E-state index in [-0.39, 0.29) is 12.5 Å². The molecule has 2 saturated heterocycles. The predicted molar refractivity (Wildman–Crippen MR) is 91.5 cm³/mol. The summed E-state index contributed by atoms with van der Waals surface area (Å²) in [6.07, 6.45) is 4.77. The number of thiazole rings is 1. The van der Waals surface area contributed by atoms with Crippen molar-refractivity contribution >= 4 is 22.4 Å². The molecule has 23 heavy (non-hydrogen) atoms. The summed E-state index contributed by atoms with van der Waals surface area (Å²) in [5.41, 5.74) is 1.03. The second-order valence-corrected chi connectivity index (χ2v) is 7.42. The summed E-state index contributed by atoms with van der Waals surface area (Å²) in [5.74, 6) is -0.0750. The number of anilines is 1. The van der Waals surface area contributed by atoms with Crippen molar-refractivity contribution in [3.63, 3.8) is 0 Å². The highest BCUT2D eigenvalue weighted by atomic mass is 32.1. The Morgan fingerprint density at radius 3 is 2.83 bits per heavy atom. The number of amides is 1. The number of nitrogens with zero attached hydrogens (tertiary/aromatic N) is 3. The van der Waals surface area contributed by atoms with Crippen molar-refractivity contribution in [1.29, 1.82) is 0 Å². The molecule has 0 bridgehead atoms. The Bertz CT molecular complexity index is 536. The number of carbonyl (C=O) groups excluding carboxylic acids is 1. The van der Waals surface area contributed by atoms with Crippen LogP contribution in [0.1, 0.15) is 38.3 Å². The monoisotopic (exact) mass is 338 g/mol. The van der Waals surface area contributed by atoms with Crippen molar-refractivity contribution in [2.24, 2.45) is 0 Å². The molecule has 6 nitrogen and oxygen atoms in total. The van der Waals surface area contributed by atoms with E-state index in [0.717, 1.165) is 38.3 Å². The van der Waals surface area contributed by atoms with Crippen molar-refractivity contribution in [3.8, 4) is 0 Å². The van der Waals surface area contributed by atoms with Gasteiger partial charge in [0.05, 0.1) is 12.3 Å². The molecule has 2 atom stereocenters. The Morgan fingerprint density at radius 1 is 1.35 bits per heavy atom. The maximum Gasteiger partial charge on any atom is 0.223 e. The molecule has 0 saturated carbocycles. The van der Waals surface area contributed by atoms with Crippen LogP contribution in [0.25, 0.3) is 0 Å². The highest BCUT2D eigenvalue weighted by Crippen LogP contribution is 2.25. The molecular formula is C16H26N4O2S. The van der Waals surface area contributed by atoms with Crippen molar-refractivity contribution in [2.45, 2.75) is 51.2 Å². The zero-order valence-corrected chi connectivity index (χ0v) is 14.5. The molecule has 0 aromatic carbocycles. The normalized spacial score (nSPS) is 26.0. The number of nitrogens with one attached hydrogen (secondary N) is 1. The standard InChI is InChI=1S/C16H26N4O2S/c1-12(22)17-16-18-13(11-23-16)8-19-6-2-4-14(19)9-20-7-3-5-15(20)10-21/h11,14-15,21H,2-10H2,1H3,(H,17,18,22). The van der Waals surface area contributed by atoms with Gasteiger partial charge >= 0.3 is 0 Å². The summed E-state index contributed by atoms with van der Waals surface area (Å²) < 4.78 is 0. The number of likely N-dealkylation sites (tertiary alicyclic amines) is 2. The van der Waals surface area contributed by atoms with E-state index in [0.29, 0.717) is 17.2 Å². The SMILES string of the molecule is CC(=O)Nc1nc(CN2CCCC2CN2CCCC2CO)cs1. The molecule has 2 aliphatic heterocycles. The third kappa shape index (κ3) is 4.29. The molecule has 0 aliphatic carbocycles. The third-order valence-corrected chi connectivity index (χ3v) is 5.66. The molecule has 7 heteroatoms. The molecule has 1 aromatic heterocycles. The van der Waals surface area contributed by atoms with Crippen LogP contribution >= 0.6 is 11.3 Å². The van der Waals surface area contributed by atoms with Crippen molar-refractivity contribution in [1.82, 2.24) is 14.8 Å². The number of aliphatic hydroxyl groups excluding tert-OH is 1. The van der Waals surface area contributed by atoms with Gasteiger partial charge in [0.2, 0.25) is 5.91 Å². The third-order valence-electron chi connectivity index (χ3n) is 4.85. The minimum Gasteiger partial charge on any atom is -0.395 e. The molecule has 1 amide bonds. The number of aromatic nitrogens is 1. The molecule has 3 heterocycles. The molecule has 2 N–H and O–H groups in total. The fraction of sp³-hybridized carbons (Fsp3) is 0.750. The average molecular weight is 338 g/mol. The molecule has 2 fully saturated rings. The Balaban J connectivity index is 1.56. The lowest BCUT2D eigenvalue weighted by atomic mass is 10.2. The van der Waals surface area contributed by atoms with Gasteiger partial charge in [-0.05, 0) is 38.8 Å². The number of aliphatic hydroxyl groups is 1. The van der Waals surface area contributed by atoms with Gasteiger partial charge in [-0.15, -0.1) is 11.3 Å². The van der Waals surface area contributed by atoms with Crippen LogP contribution in [0.5, 0.6) is 0 Å². The van der Waals surface area contributed by atoms with Gasteiger partial charge < -0.3 is 10.4 Å². The first-order valence-corrected chi connectivity index (χ1v) is 9.34. The van der Waals surface area contributed by atoms with E-state index in [1.807, 2.05) is 5.38 Å². The van der Waals surface area contributed by atoms with Gasteiger partial charge in [-0.25, -0.2) is 4.98 Å². The van der Waals surface area contributed by atoms with Crippen molar-refractivity contribution in [2.75, 3.05) is 31.6 Å². The van der Waals surface area contributed by atoms with Gasteiger partial charge in [0.25, 0.3) is 0 Å². The second-order valence-electron chi connectivity index (χ2n) is 6.57. The smallest absolute Gasteiger partial charge is 0.223 e. The number of rotatable bonds is 6. The van der Waals surface area contributed by atoms with Gasteiger partial charge in [-0.1, -0.05) is 0 Å². The Labute approximate surface area is 141 Å². The Morgan fingerprint density at radius 2 is 2.09 bits per heavy atom. The highest BCUT2D eigenvalue weighted by Gasteiger charge is 2.31. The molecule has 3 rings (SSSR count). The van der Waals surface area contributed by atoms with E-state index < -0.39 is 0 Å². The van der Waals surface area contributed by atoms with Crippen LogP contribution in [0.4, 0.5) is 5.13 Å². The minimum atomic E-state index is -0.0750. The van der Waals surface area contributed by atoms with Crippen LogP contribution in [0.2, 0.25) is 0 Å². The minimum absolute atomic E-state index is 0.0750. The molecule has 2 aliphatic rings. The van der Waals surface area contributed by atoms with Gasteiger partial charge in [0.1, 0.15) is 0 Å². The summed E-state index contributed by atoms with van der Waals surface area (Å²) in [7, 11) is 0. The fourth-order valence-electron chi connectivity index (χ4n) is 3.72. The number of hydrogen-bond donors (Lipinski definition) is 2. The summed E-state index contributed by atoms with van der Waals surface area (Å²) in [5, 5.41) is 15.0. The van der Waals surface area contributed by atoms with Gasteiger partial charge in [-0.2, -0.15) is 0 Å². The van der Waals surface area contributed by atoms with Crippen LogP contribution in [-0.4, -0.2) is 64.1 Å². The summed E-state index contributed by atoms with van der Waals surface area (Å²) in [4.78, 5) is 20.5. The van der Waals surface area contributed by atoms with Crippen molar-refractivity contribution < 1.29 is 9.90 Å². The van der Waals surface area contributed by atoms with Crippen LogP contribution in [0.15, 0.2) is 5.38 Å². The predicted octanol–water partition coefficient (Wildman–Crippen LogP) is 1.52. The van der Waals surface area contributed by atoms with Crippen LogP contribution in [0.3, 0.4) is 0 Å². The Hall–Kier alpha value is -1.02.